The molecule has 1 aliphatic rings. The molecule has 2 rings (SSSR count). The van der Waals surface area contributed by atoms with E-state index in [0.29, 0.717) is 13.2 Å². The first-order valence-corrected chi connectivity index (χ1v) is 7.45. The van der Waals surface area contributed by atoms with E-state index < -0.39 is 0 Å². The molecule has 0 aromatic heterocycles. The molecule has 0 radical (unpaired) electrons. The third-order valence-electron chi connectivity index (χ3n) is 3.26. The molecule has 1 N–H and O–H groups in total. The highest BCUT2D eigenvalue weighted by Gasteiger charge is 2.19. The van der Waals surface area contributed by atoms with Gasteiger partial charge in [-0.1, -0.05) is 6.07 Å². The van der Waals surface area contributed by atoms with E-state index in [1.807, 2.05) is 19.9 Å². The Balaban J connectivity index is 1.86. The number of ether oxygens (including phenoxy) is 2. The van der Waals surface area contributed by atoms with Crippen LogP contribution in [0.2, 0.25) is 0 Å². The van der Waals surface area contributed by atoms with E-state index in [1.54, 1.807) is 0 Å². The normalized spacial score (nSPS) is 14.4. The van der Waals surface area contributed by atoms with Crippen LogP contribution in [0.1, 0.15) is 38.7 Å². The Hall–Kier alpha value is -1.22. The molecule has 1 aliphatic carbocycles. The summed E-state index contributed by atoms with van der Waals surface area (Å²) >= 11 is 0. The van der Waals surface area contributed by atoms with Crippen LogP contribution in [0.5, 0.6) is 11.5 Å². The first-order valence-electron chi connectivity index (χ1n) is 7.45. The number of rotatable bonds is 9. The number of nitrogens with one attached hydrogen (secondary N) is 1. The summed E-state index contributed by atoms with van der Waals surface area (Å²) in [5.41, 5.74) is 1.32. The summed E-state index contributed by atoms with van der Waals surface area (Å²) in [6.45, 7) is 6.45. The van der Waals surface area contributed by atoms with Gasteiger partial charge < -0.3 is 14.8 Å². The van der Waals surface area contributed by atoms with Crippen LogP contribution in [0, 0.1) is 0 Å². The minimum Gasteiger partial charge on any atom is -0.490 e. The maximum Gasteiger partial charge on any atom is 0.161 e. The molecule has 0 aliphatic heterocycles. The van der Waals surface area contributed by atoms with Crippen molar-refractivity contribution in [2.45, 2.75) is 45.6 Å². The molecule has 0 spiro atoms. The second kappa shape index (κ2) is 7.39. The summed E-state index contributed by atoms with van der Waals surface area (Å²) in [6.07, 6.45) is 4.98. The number of aryl methyl sites for hydroxylation is 1. The predicted octanol–water partition coefficient (Wildman–Crippen LogP) is 3.17. The molecule has 0 heterocycles. The lowest BCUT2D eigenvalue weighted by Gasteiger charge is -2.12. The Morgan fingerprint density at radius 3 is 2.53 bits per heavy atom. The van der Waals surface area contributed by atoms with Crippen molar-refractivity contribution in [1.82, 2.24) is 5.32 Å². The Morgan fingerprint density at radius 2 is 1.84 bits per heavy atom. The van der Waals surface area contributed by atoms with Crippen LogP contribution in [-0.2, 0) is 6.42 Å². The van der Waals surface area contributed by atoms with Crippen LogP contribution in [-0.4, -0.2) is 25.8 Å². The van der Waals surface area contributed by atoms with Crippen molar-refractivity contribution in [3.05, 3.63) is 23.8 Å². The monoisotopic (exact) mass is 263 g/mol. The van der Waals surface area contributed by atoms with Gasteiger partial charge in [0.25, 0.3) is 0 Å². The molecule has 3 heteroatoms. The molecule has 3 nitrogen and oxygen atoms in total. The molecule has 1 saturated carbocycles. The summed E-state index contributed by atoms with van der Waals surface area (Å²) in [5, 5.41) is 3.54. The van der Waals surface area contributed by atoms with Gasteiger partial charge >= 0.3 is 0 Å². The molecule has 0 bridgehead atoms. The van der Waals surface area contributed by atoms with E-state index in [0.717, 1.165) is 30.5 Å². The van der Waals surface area contributed by atoms with Crippen LogP contribution < -0.4 is 14.8 Å². The molecule has 0 unspecified atom stereocenters. The lowest BCUT2D eigenvalue weighted by molar-refractivity contribution is 0.287. The van der Waals surface area contributed by atoms with Gasteiger partial charge in [0.1, 0.15) is 0 Å². The van der Waals surface area contributed by atoms with E-state index in [1.165, 1.54) is 24.8 Å². The van der Waals surface area contributed by atoms with E-state index >= 15 is 0 Å². The van der Waals surface area contributed by atoms with Crippen LogP contribution in [0.15, 0.2) is 18.2 Å². The third kappa shape index (κ3) is 4.75. The zero-order valence-corrected chi connectivity index (χ0v) is 12.1. The highest BCUT2D eigenvalue weighted by Crippen LogP contribution is 2.29. The number of benzene rings is 1. The molecular weight excluding hydrogens is 238 g/mol. The molecule has 19 heavy (non-hydrogen) atoms. The van der Waals surface area contributed by atoms with Gasteiger partial charge in [-0.15, -0.1) is 0 Å². The minimum absolute atomic E-state index is 0.671. The zero-order valence-electron chi connectivity index (χ0n) is 12.1. The lowest BCUT2D eigenvalue weighted by Crippen LogP contribution is -2.17. The first kappa shape index (κ1) is 14.2. The fourth-order valence-corrected chi connectivity index (χ4v) is 2.14. The van der Waals surface area contributed by atoms with Gasteiger partial charge in [0, 0.05) is 6.04 Å². The van der Waals surface area contributed by atoms with Gasteiger partial charge in [-0.3, -0.25) is 0 Å². The Morgan fingerprint density at radius 1 is 1.11 bits per heavy atom. The average Bonchev–Trinajstić information content (AvgIpc) is 3.22. The van der Waals surface area contributed by atoms with Gasteiger partial charge in [0.05, 0.1) is 13.2 Å². The van der Waals surface area contributed by atoms with Crippen molar-refractivity contribution in [3.63, 3.8) is 0 Å². The van der Waals surface area contributed by atoms with E-state index in [-0.39, 0.29) is 0 Å². The maximum atomic E-state index is 5.64. The maximum absolute atomic E-state index is 5.64. The fourth-order valence-electron chi connectivity index (χ4n) is 2.14. The van der Waals surface area contributed by atoms with Gasteiger partial charge in [-0.05, 0) is 63.8 Å². The van der Waals surface area contributed by atoms with Crippen molar-refractivity contribution in [2.75, 3.05) is 19.8 Å². The zero-order chi connectivity index (χ0) is 13.5. The summed E-state index contributed by atoms with van der Waals surface area (Å²) in [7, 11) is 0. The van der Waals surface area contributed by atoms with Crippen LogP contribution in [0.25, 0.3) is 0 Å². The molecule has 1 aromatic carbocycles. The second-order valence-electron chi connectivity index (χ2n) is 4.98. The van der Waals surface area contributed by atoms with Gasteiger partial charge in [0.2, 0.25) is 0 Å². The van der Waals surface area contributed by atoms with Gasteiger partial charge in [-0.25, -0.2) is 0 Å². The second-order valence-corrected chi connectivity index (χ2v) is 4.98. The number of hydrogen-bond donors (Lipinski definition) is 1. The van der Waals surface area contributed by atoms with Gasteiger partial charge in [-0.2, -0.15) is 0 Å². The van der Waals surface area contributed by atoms with E-state index in [9.17, 15) is 0 Å². The third-order valence-corrected chi connectivity index (χ3v) is 3.26. The predicted molar refractivity (Wildman–Crippen MR) is 78.1 cm³/mol. The van der Waals surface area contributed by atoms with Crippen molar-refractivity contribution in [2.24, 2.45) is 0 Å². The minimum atomic E-state index is 0.671. The van der Waals surface area contributed by atoms with Gasteiger partial charge in [0.15, 0.2) is 11.5 Å². The molecule has 106 valence electrons. The molecule has 0 amide bonds. The average molecular weight is 263 g/mol. The standard InChI is InChI=1S/C16H25NO2/c1-3-18-15-10-7-13(12-16(15)19-4-2)6-5-11-17-14-8-9-14/h7,10,12,14,17H,3-6,8-9,11H2,1-2H3. The van der Waals surface area contributed by atoms with E-state index in [4.69, 9.17) is 9.47 Å². The Labute approximate surface area is 116 Å². The summed E-state index contributed by atoms with van der Waals surface area (Å²) in [5.74, 6) is 1.72. The number of hydrogen-bond acceptors (Lipinski definition) is 3. The highest BCUT2D eigenvalue weighted by atomic mass is 16.5. The van der Waals surface area contributed by atoms with Crippen molar-refractivity contribution in [1.29, 1.82) is 0 Å². The largest absolute Gasteiger partial charge is 0.490 e. The van der Waals surface area contributed by atoms with Crippen LogP contribution >= 0.6 is 0 Å². The molecular formula is C16H25NO2. The quantitative estimate of drug-likeness (QED) is 0.694. The summed E-state index contributed by atoms with van der Waals surface area (Å²) < 4.78 is 11.2. The smallest absolute Gasteiger partial charge is 0.161 e. The molecule has 1 aromatic rings. The molecule has 0 saturated heterocycles. The molecule has 1 fully saturated rings. The Bertz CT molecular complexity index is 388. The lowest BCUT2D eigenvalue weighted by atomic mass is 10.1. The summed E-state index contributed by atoms with van der Waals surface area (Å²) in [4.78, 5) is 0. The van der Waals surface area contributed by atoms with Crippen molar-refractivity contribution >= 4 is 0 Å². The van der Waals surface area contributed by atoms with Crippen molar-refractivity contribution < 1.29 is 9.47 Å². The highest BCUT2D eigenvalue weighted by molar-refractivity contribution is 5.43. The summed E-state index contributed by atoms with van der Waals surface area (Å²) in [6, 6.07) is 7.09. The van der Waals surface area contributed by atoms with E-state index in [2.05, 4.69) is 17.4 Å². The Kier molecular flexibility index (Phi) is 5.52. The SMILES string of the molecule is CCOc1ccc(CCCNC2CC2)cc1OCC. The molecule has 0 atom stereocenters. The topological polar surface area (TPSA) is 30.5 Å². The van der Waals surface area contributed by atoms with Crippen LogP contribution in [0.4, 0.5) is 0 Å². The van der Waals surface area contributed by atoms with Crippen LogP contribution in [0.3, 0.4) is 0 Å². The first-order chi connectivity index (χ1) is 9.33. The van der Waals surface area contributed by atoms with Crippen molar-refractivity contribution in [3.8, 4) is 11.5 Å². The fraction of sp³-hybridized carbons (Fsp3) is 0.625.